The lowest BCUT2D eigenvalue weighted by Gasteiger charge is -2.30. The van der Waals surface area contributed by atoms with Gasteiger partial charge < -0.3 is 15.0 Å². The molecule has 1 heterocycles. The van der Waals surface area contributed by atoms with Gasteiger partial charge in [-0.05, 0) is 32.2 Å². The first-order chi connectivity index (χ1) is 8.40. The van der Waals surface area contributed by atoms with Gasteiger partial charge in [-0.2, -0.15) is 0 Å². The van der Waals surface area contributed by atoms with Gasteiger partial charge in [-0.1, -0.05) is 19.3 Å². The van der Waals surface area contributed by atoms with E-state index in [4.69, 9.17) is 4.74 Å². The van der Waals surface area contributed by atoms with Crippen molar-refractivity contribution >= 4 is 0 Å². The molecule has 1 saturated heterocycles. The lowest BCUT2D eigenvalue weighted by atomic mass is 9.94. The molecule has 0 aromatic heterocycles. The third kappa shape index (κ3) is 4.23. The second kappa shape index (κ2) is 7.34. The van der Waals surface area contributed by atoms with Crippen LogP contribution in [0.4, 0.5) is 0 Å². The number of rotatable bonds is 3. The maximum absolute atomic E-state index is 5.53. The van der Waals surface area contributed by atoms with Gasteiger partial charge in [0.05, 0.1) is 6.61 Å². The van der Waals surface area contributed by atoms with E-state index >= 15 is 0 Å². The van der Waals surface area contributed by atoms with Crippen molar-refractivity contribution in [2.75, 3.05) is 39.9 Å². The second-order valence-electron chi connectivity index (χ2n) is 5.56. The van der Waals surface area contributed by atoms with E-state index in [0.717, 1.165) is 31.7 Å². The van der Waals surface area contributed by atoms with Crippen molar-refractivity contribution in [3.8, 4) is 0 Å². The summed E-state index contributed by atoms with van der Waals surface area (Å²) in [5.41, 5.74) is 0. The fraction of sp³-hybridized carbons (Fsp3) is 1.00. The highest BCUT2D eigenvalue weighted by Gasteiger charge is 2.24. The summed E-state index contributed by atoms with van der Waals surface area (Å²) in [5, 5.41) is 3.54. The van der Waals surface area contributed by atoms with E-state index in [1.165, 1.54) is 51.6 Å². The maximum Gasteiger partial charge on any atom is 0.0593 e. The fourth-order valence-corrected chi connectivity index (χ4v) is 3.29. The molecule has 100 valence electrons. The van der Waals surface area contributed by atoms with Crippen LogP contribution >= 0.6 is 0 Å². The summed E-state index contributed by atoms with van der Waals surface area (Å²) in [6.45, 7) is 5.52. The van der Waals surface area contributed by atoms with E-state index in [1.807, 2.05) is 0 Å². The van der Waals surface area contributed by atoms with E-state index in [9.17, 15) is 0 Å². The molecule has 2 unspecified atom stereocenters. The quantitative estimate of drug-likeness (QED) is 0.762. The zero-order chi connectivity index (χ0) is 11.9. The number of ether oxygens (including phenoxy) is 1. The van der Waals surface area contributed by atoms with Crippen molar-refractivity contribution in [2.45, 2.75) is 44.6 Å². The van der Waals surface area contributed by atoms with E-state index in [0.29, 0.717) is 0 Å². The highest BCUT2D eigenvalue weighted by Crippen LogP contribution is 2.24. The smallest absolute Gasteiger partial charge is 0.0593 e. The summed E-state index contributed by atoms with van der Waals surface area (Å²) in [6, 6.07) is 0.738. The van der Waals surface area contributed by atoms with Crippen molar-refractivity contribution in [1.82, 2.24) is 10.2 Å². The van der Waals surface area contributed by atoms with Gasteiger partial charge in [-0.25, -0.2) is 0 Å². The molecule has 1 saturated carbocycles. The molecule has 0 aromatic carbocycles. The molecule has 2 rings (SSSR count). The third-order valence-electron chi connectivity index (χ3n) is 4.34. The molecular weight excluding hydrogens is 212 g/mol. The van der Waals surface area contributed by atoms with E-state index < -0.39 is 0 Å². The summed E-state index contributed by atoms with van der Waals surface area (Å²) >= 11 is 0. The van der Waals surface area contributed by atoms with Crippen LogP contribution in [-0.2, 0) is 4.74 Å². The van der Waals surface area contributed by atoms with Crippen LogP contribution in [-0.4, -0.2) is 50.8 Å². The van der Waals surface area contributed by atoms with Crippen LogP contribution in [0.3, 0.4) is 0 Å². The zero-order valence-corrected chi connectivity index (χ0v) is 11.3. The average Bonchev–Trinajstić information content (AvgIpc) is 2.72. The summed E-state index contributed by atoms with van der Waals surface area (Å²) < 4.78 is 5.53. The number of nitrogens with one attached hydrogen (secondary N) is 1. The van der Waals surface area contributed by atoms with Crippen LogP contribution in [0, 0.1) is 5.92 Å². The summed E-state index contributed by atoms with van der Waals surface area (Å²) in [6.07, 6.45) is 8.24. The van der Waals surface area contributed by atoms with Crippen LogP contribution in [0.5, 0.6) is 0 Å². The molecule has 0 bridgehead atoms. The monoisotopic (exact) mass is 240 g/mol. The minimum atomic E-state index is 0.738. The van der Waals surface area contributed by atoms with Gasteiger partial charge in [0.25, 0.3) is 0 Å². The average molecular weight is 240 g/mol. The van der Waals surface area contributed by atoms with Gasteiger partial charge in [0, 0.05) is 32.3 Å². The van der Waals surface area contributed by atoms with Crippen LogP contribution in [0.1, 0.15) is 38.5 Å². The second-order valence-corrected chi connectivity index (χ2v) is 5.56. The molecule has 0 aromatic rings. The molecule has 17 heavy (non-hydrogen) atoms. The Hall–Kier alpha value is -0.120. The Balaban J connectivity index is 1.84. The van der Waals surface area contributed by atoms with Gasteiger partial charge in [-0.15, -0.1) is 0 Å². The number of nitrogens with zero attached hydrogens (tertiary/aromatic N) is 1. The Morgan fingerprint density at radius 3 is 2.82 bits per heavy atom. The molecule has 3 nitrogen and oxygen atoms in total. The molecule has 1 N–H and O–H groups in total. The minimum Gasteiger partial charge on any atom is -0.380 e. The van der Waals surface area contributed by atoms with Gasteiger partial charge >= 0.3 is 0 Å². The first-order valence-electron chi connectivity index (χ1n) is 7.37. The fourth-order valence-electron chi connectivity index (χ4n) is 3.29. The molecule has 0 spiro atoms. The van der Waals surface area contributed by atoms with E-state index in [-0.39, 0.29) is 0 Å². The summed E-state index contributed by atoms with van der Waals surface area (Å²) in [4.78, 5) is 2.62. The SMILES string of the molecule is CNC1CCCCCC1CN1CCCOCC1. The first kappa shape index (κ1) is 13.3. The van der Waals surface area contributed by atoms with Crippen LogP contribution in [0.2, 0.25) is 0 Å². The van der Waals surface area contributed by atoms with Gasteiger partial charge in [0.1, 0.15) is 0 Å². The highest BCUT2D eigenvalue weighted by molar-refractivity contribution is 4.81. The highest BCUT2D eigenvalue weighted by atomic mass is 16.5. The molecule has 0 radical (unpaired) electrons. The van der Waals surface area contributed by atoms with Gasteiger partial charge in [0.15, 0.2) is 0 Å². The van der Waals surface area contributed by atoms with Gasteiger partial charge in [0.2, 0.25) is 0 Å². The van der Waals surface area contributed by atoms with Crippen molar-refractivity contribution in [1.29, 1.82) is 0 Å². The van der Waals surface area contributed by atoms with E-state index in [2.05, 4.69) is 17.3 Å². The molecule has 2 aliphatic rings. The Kier molecular flexibility index (Phi) is 5.75. The molecule has 1 aliphatic heterocycles. The predicted octanol–water partition coefficient (Wildman–Crippen LogP) is 1.88. The van der Waals surface area contributed by atoms with Crippen molar-refractivity contribution < 1.29 is 4.74 Å². The maximum atomic E-state index is 5.53. The normalized spacial score (nSPS) is 33.0. The Labute approximate surface area is 106 Å². The molecule has 0 amide bonds. The standard InChI is InChI=1S/C14H28N2O/c1-15-14-7-4-2-3-6-13(14)12-16-8-5-10-17-11-9-16/h13-15H,2-12H2,1H3. The summed E-state index contributed by atoms with van der Waals surface area (Å²) in [5.74, 6) is 0.848. The largest absolute Gasteiger partial charge is 0.380 e. The lowest BCUT2D eigenvalue weighted by Crippen LogP contribution is -2.41. The molecule has 2 atom stereocenters. The molecule has 1 aliphatic carbocycles. The lowest BCUT2D eigenvalue weighted by molar-refractivity contribution is 0.135. The molecule has 3 heteroatoms. The zero-order valence-electron chi connectivity index (χ0n) is 11.3. The van der Waals surface area contributed by atoms with Gasteiger partial charge in [-0.3, -0.25) is 0 Å². The molecule has 2 fully saturated rings. The van der Waals surface area contributed by atoms with Crippen LogP contribution < -0.4 is 5.32 Å². The van der Waals surface area contributed by atoms with Crippen molar-refractivity contribution in [2.24, 2.45) is 5.92 Å². The van der Waals surface area contributed by atoms with Crippen LogP contribution in [0.25, 0.3) is 0 Å². The Bertz CT molecular complexity index is 202. The molecular formula is C14H28N2O. The van der Waals surface area contributed by atoms with Crippen molar-refractivity contribution in [3.63, 3.8) is 0 Å². The first-order valence-corrected chi connectivity index (χ1v) is 7.37. The number of hydrogen-bond acceptors (Lipinski definition) is 3. The number of hydrogen-bond donors (Lipinski definition) is 1. The van der Waals surface area contributed by atoms with Crippen molar-refractivity contribution in [3.05, 3.63) is 0 Å². The summed E-state index contributed by atoms with van der Waals surface area (Å²) in [7, 11) is 2.13. The van der Waals surface area contributed by atoms with E-state index in [1.54, 1.807) is 0 Å². The minimum absolute atomic E-state index is 0.738. The Morgan fingerprint density at radius 2 is 1.94 bits per heavy atom. The predicted molar refractivity (Wildman–Crippen MR) is 71.3 cm³/mol. The van der Waals surface area contributed by atoms with Crippen LogP contribution in [0.15, 0.2) is 0 Å². The Morgan fingerprint density at radius 1 is 1.06 bits per heavy atom. The topological polar surface area (TPSA) is 24.5 Å². The third-order valence-corrected chi connectivity index (χ3v) is 4.34.